The first kappa shape index (κ1) is 22.9. The van der Waals surface area contributed by atoms with Crippen molar-refractivity contribution < 1.29 is 22.8 Å². The molecule has 3 rings (SSSR count). The van der Waals surface area contributed by atoms with Crippen molar-refractivity contribution in [2.75, 3.05) is 29.9 Å². The first-order valence-corrected chi connectivity index (χ1v) is 10.2. The Morgan fingerprint density at radius 2 is 1.84 bits per heavy atom. The number of amides is 2. The third-order valence-corrected chi connectivity index (χ3v) is 5.34. The first-order chi connectivity index (χ1) is 14.7. The first-order valence-electron chi connectivity index (χ1n) is 9.86. The van der Waals surface area contributed by atoms with Crippen molar-refractivity contribution >= 4 is 34.9 Å². The second-order valence-electron chi connectivity index (χ2n) is 7.21. The Morgan fingerprint density at radius 3 is 2.39 bits per heavy atom. The lowest BCUT2D eigenvalue weighted by molar-refractivity contribution is -0.137. The van der Waals surface area contributed by atoms with E-state index in [-0.39, 0.29) is 28.6 Å². The van der Waals surface area contributed by atoms with E-state index in [4.69, 9.17) is 11.6 Å². The van der Waals surface area contributed by atoms with Crippen LogP contribution in [0.4, 0.5) is 24.7 Å². The molecule has 0 saturated carbocycles. The van der Waals surface area contributed by atoms with Crippen LogP contribution in [0.3, 0.4) is 0 Å². The molecule has 6 nitrogen and oxygen atoms in total. The minimum absolute atomic E-state index is 0.0649. The summed E-state index contributed by atoms with van der Waals surface area (Å²) in [6.07, 6.45) is -2.70. The predicted octanol–water partition coefficient (Wildman–Crippen LogP) is 4.36. The molecule has 1 saturated heterocycles. The SMILES string of the molecule is CCNC(=O)c1ccc(NC(=O)C2CCN(c3ncc(C(F)(F)F)cc3Cl)CC2)cc1. The molecule has 1 aromatic carbocycles. The Hall–Kier alpha value is -2.81. The Bertz CT molecular complexity index is 943. The highest BCUT2D eigenvalue weighted by molar-refractivity contribution is 6.33. The van der Waals surface area contributed by atoms with Crippen LogP contribution < -0.4 is 15.5 Å². The fourth-order valence-electron chi connectivity index (χ4n) is 3.38. The lowest BCUT2D eigenvalue weighted by Gasteiger charge is -2.32. The number of piperidine rings is 1. The smallest absolute Gasteiger partial charge is 0.355 e. The second-order valence-corrected chi connectivity index (χ2v) is 7.62. The predicted molar refractivity (Wildman–Crippen MR) is 112 cm³/mol. The molecule has 2 N–H and O–H groups in total. The molecule has 2 amide bonds. The van der Waals surface area contributed by atoms with Crippen LogP contribution in [0.1, 0.15) is 35.7 Å². The van der Waals surface area contributed by atoms with Crippen molar-refractivity contribution in [1.29, 1.82) is 0 Å². The summed E-state index contributed by atoms with van der Waals surface area (Å²) in [5, 5.41) is 5.48. The van der Waals surface area contributed by atoms with Gasteiger partial charge in [0.05, 0.1) is 10.6 Å². The van der Waals surface area contributed by atoms with Gasteiger partial charge in [0.15, 0.2) is 0 Å². The summed E-state index contributed by atoms with van der Waals surface area (Å²) in [5.41, 5.74) is 0.204. The molecule has 166 valence electrons. The summed E-state index contributed by atoms with van der Waals surface area (Å²) < 4.78 is 38.3. The van der Waals surface area contributed by atoms with Gasteiger partial charge in [-0.3, -0.25) is 9.59 Å². The Kier molecular flexibility index (Phi) is 7.04. The monoisotopic (exact) mass is 454 g/mol. The quantitative estimate of drug-likeness (QED) is 0.704. The average Bonchev–Trinajstić information content (AvgIpc) is 2.74. The number of rotatable bonds is 5. The number of alkyl halides is 3. The highest BCUT2D eigenvalue weighted by Gasteiger charge is 2.33. The van der Waals surface area contributed by atoms with Gasteiger partial charge in [0.1, 0.15) is 5.82 Å². The number of pyridine rings is 1. The molecule has 0 radical (unpaired) electrons. The number of aromatic nitrogens is 1. The van der Waals surface area contributed by atoms with Gasteiger partial charge in [0, 0.05) is 43.0 Å². The average molecular weight is 455 g/mol. The van der Waals surface area contributed by atoms with Crippen LogP contribution in [-0.2, 0) is 11.0 Å². The molecule has 10 heteroatoms. The molecule has 0 aliphatic carbocycles. The molecule has 2 heterocycles. The largest absolute Gasteiger partial charge is 0.417 e. The maximum absolute atomic E-state index is 12.8. The molecular formula is C21H22ClF3N4O2. The molecule has 0 atom stereocenters. The van der Waals surface area contributed by atoms with Crippen LogP contribution in [0.25, 0.3) is 0 Å². The minimum atomic E-state index is -4.50. The van der Waals surface area contributed by atoms with E-state index < -0.39 is 11.7 Å². The van der Waals surface area contributed by atoms with Gasteiger partial charge in [-0.1, -0.05) is 11.6 Å². The third kappa shape index (κ3) is 5.66. The normalized spacial score (nSPS) is 14.9. The van der Waals surface area contributed by atoms with E-state index in [9.17, 15) is 22.8 Å². The summed E-state index contributed by atoms with van der Waals surface area (Å²) in [6, 6.07) is 7.49. The molecule has 0 bridgehead atoms. The van der Waals surface area contributed by atoms with Crippen molar-refractivity contribution in [1.82, 2.24) is 10.3 Å². The fourth-order valence-corrected chi connectivity index (χ4v) is 3.67. The zero-order valence-electron chi connectivity index (χ0n) is 16.8. The van der Waals surface area contributed by atoms with E-state index in [1.54, 1.807) is 29.2 Å². The van der Waals surface area contributed by atoms with E-state index in [0.717, 1.165) is 12.3 Å². The number of hydrogen-bond acceptors (Lipinski definition) is 4. The summed E-state index contributed by atoms with van der Waals surface area (Å²) in [4.78, 5) is 30.0. The molecular weight excluding hydrogens is 433 g/mol. The molecule has 1 aromatic heterocycles. The fraction of sp³-hybridized carbons (Fsp3) is 0.381. The second kappa shape index (κ2) is 9.55. The number of anilines is 2. The molecule has 1 fully saturated rings. The summed E-state index contributed by atoms with van der Waals surface area (Å²) >= 11 is 6.02. The zero-order chi connectivity index (χ0) is 22.6. The number of hydrogen-bond donors (Lipinski definition) is 2. The summed E-state index contributed by atoms with van der Waals surface area (Å²) in [6.45, 7) is 3.27. The van der Waals surface area contributed by atoms with Crippen molar-refractivity contribution in [3.05, 3.63) is 52.7 Å². The molecule has 0 spiro atoms. The standard InChI is InChI=1S/C21H22ClF3N4O2/c1-2-26-19(30)13-3-5-16(6-4-13)28-20(31)14-7-9-29(10-8-14)18-17(22)11-15(12-27-18)21(23,24)25/h3-6,11-12,14H,2,7-10H2,1H3,(H,26,30)(H,28,31). The van der Waals surface area contributed by atoms with Crippen molar-refractivity contribution in [2.24, 2.45) is 5.92 Å². The molecule has 31 heavy (non-hydrogen) atoms. The number of carbonyl (C=O) groups excluding carboxylic acids is 2. The van der Waals surface area contributed by atoms with Crippen LogP contribution in [0.2, 0.25) is 5.02 Å². The number of halogens is 4. The van der Waals surface area contributed by atoms with E-state index in [1.165, 1.54) is 0 Å². The maximum Gasteiger partial charge on any atom is 0.417 e. The Labute approximate surface area is 182 Å². The summed E-state index contributed by atoms with van der Waals surface area (Å²) in [5.74, 6) is -0.276. The van der Waals surface area contributed by atoms with Crippen LogP contribution >= 0.6 is 11.6 Å². The van der Waals surface area contributed by atoms with Crippen LogP contribution in [0, 0.1) is 5.92 Å². The lowest BCUT2D eigenvalue weighted by Crippen LogP contribution is -2.38. The van der Waals surface area contributed by atoms with Crippen LogP contribution in [0.5, 0.6) is 0 Å². The minimum Gasteiger partial charge on any atom is -0.355 e. The molecule has 1 aliphatic rings. The van der Waals surface area contributed by atoms with E-state index in [0.29, 0.717) is 43.7 Å². The van der Waals surface area contributed by atoms with Gasteiger partial charge < -0.3 is 15.5 Å². The number of nitrogens with zero attached hydrogens (tertiary/aromatic N) is 2. The van der Waals surface area contributed by atoms with E-state index in [1.807, 2.05) is 6.92 Å². The lowest BCUT2D eigenvalue weighted by atomic mass is 9.95. The van der Waals surface area contributed by atoms with Gasteiger partial charge >= 0.3 is 6.18 Å². The van der Waals surface area contributed by atoms with Gasteiger partial charge in [0.25, 0.3) is 5.91 Å². The highest BCUT2D eigenvalue weighted by atomic mass is 35.5. The Morgan fingerprint density at radius 1 is 1.19 bits per heavy atom. The number of benzene rings is 1. The van der Waals surface area contributed by atoms with Gasteiger partial charge in [-0.2, -0.15) is 13.2 Å². The van der Waals surface area contributed by atoms with E-state index in [2.05, 4.69) is 15.6 Å². The highest BCUT2D eigenvalue weighted by Crippen LogP contribution is 2.34. The van der Waals surface area contributed by atoms with Gasteiger partial charge in [-0.05, 0) is 50.1 Å². The molecule has 2 aromatic rings. The number of nitrogens with one attached hydrogen (secondary N) is 2. The number of carbonyl (C=O) groups is 2. The van der Waals surface area contributed by atoms with Gasteiger partial charge in [-0.25, -0.2) is 4.98 Å². The third-order valence-electron chi connectivity index (χ3n) is 5.07. The van der Waals surface area contributed by atoms with Crippen molar-refractivity contribution in [2.45, 2.75) is 25.9 Å². The molecule has 1 aliphatic heterocycles. The topological polar surface area (TPSA) is 74.3 Å². The van der Waals surface area contributed by atoms with E-state index >= 15 is 0 Å². The van der Waals surface area contributed by atoms with Gasteiger partial charge in [-0.15, -0.1) is 0 Å². The maximum atomic E-state index is 12.8. The van der Waals surface area contributed by atoms with Crippen LogP contribution in [-0.4, -0.2) is 36.4 Å². The zero-order valence-corrected chi connectivity index (χ0v) is 17.6. The summed E-state index contributed by atoms with van der Waals surface area (Å²) in [7, 11) is 0. The van der Waals surface area contributed by atoms with Crippen LogP contribution in [0.15, 0.2) is 36.5 Å². The van der Waals surface area contributed by atoms with Gasteiger partial charge in [0.2, 0.25) is 5.91 Å². The van der Waals surface area contributed by atoms with Crippen molar-refractivity contribution in [3.8, 4) is 0 Å². The van der Waals surface area contributed by atoms with Crippen molar-refractivity contribution in [3.63, 3.8) is 0 Å². The molecule has 0 unspecified atom stereocenters. The Balaban J connectivity index is 1.56.